The number of ether oxygens (including phenoxy) is 2. The van der Waals surface area contributed by atoms with Gasteiger partial charge in [-0.3, -0.25) is 28.0 Å². The molecule has 0 bridgehead atoms. The van der Waals surface area contributed by atoms with Crippen molar-refractivity contribution in [3.05, 3.63) is 12.2 Å². The summed E-state index contributed by atoms with van der Waals surface area (Å²) in [6, 6.07) is 0. The average Bonchev–Trinajstić information content (AvgIpc) is 3.49. The fourth-order valence-corrected chi connectivity index (χ4v) is 8.62. The van der Waals surface area contributed by atoms with Crippen molar-refractivity contribution in [2.45, 2.75) is 211 Å². The molecule has 1 fully saturated rings. The van der Waals surface area contributed by atoms with Gasteiger partial charge in [-0.25, -0.2) is 9.13 Å². The zero-order valence-corrected chi connectivity index (χ0v) is 39.8. The minimum absolute atomic E-state index is 0.0187. The highest BCUT2D eigenvalue weighted by Gasteiger charge is 2.41. The molecule has 1 saturated carbocycles. The number of unbranched alkanes of at least 4 members (excludes halogenated alkanes) is 17. The summed E-state index contributed by atoms with van der Waals surface area (Å²) in [6.45, 7) is 1.25. The maximum absolute atomic E-state index is 12.9. The molecular formula is C44H82O17P2. The fraction of sp³-hybridized carbons (Fsp3) is 0.886. The lowest BCUT2D eigenvalue weighted by molar-refractivity contribution is -0.161. The molecular weight excluding hydrogens is 862 g/mol. The number of hydrogen-bond acceptors (Lipinski definition) is 14. The second-order valence-electron chi connectivity index (χ2n) is 17.0. The van der Waals surface area contributed by atoms with Crippen LogP contribution in [0.4, 0.5) is 0 Å². The summed E-state index contributed by atoms with van der Waals surface area (Å²) in [5.74, 6) is -2.47. The van der Waals surface area contributed by atoms with Gasteiger partial charge >= 0.3 is 27.6 Å². The maximum Gasteiger partial charge on any atom is 0.472 e. The number of aliphatic hydroxyl groups is 4. The first-order valence-electron chi connectivity index (χ1n) is 23.6. The van der Waals surface area contributed by atoms with Crippen molar-refractivity contribution in [2.75, 3.05) is 26.4 Å². The Balaban J connectivity index is 2.56. The topological polar surface area (TPSA) is 273 Å². The minimum Gasteiger partial charge on any atom is -0.462 e. The number of hydrogen-bond donors (Lipinski definition) is 7. The highest BCUT2D eigenvalue weighted by Crippen LogP contribution is 2.44. The minimum atomic E-state index is -4.91. The molecule has 370 valence electrons. The van der Waals surface area contributed by atoms with E-state index in [0.717, 1.165) is 44.9 Å². The lowest BCUT2D eigenvalue weighted by Gasteiger charge is -2.21. The van der Waals surface area contributed by atoms with E-state index in [-0.39, 0.29) is 44.3 Å². The van der Waals surface area contributed by atoms with Gasteiger partial charge in [0.15, 0.2) is 6.10 Å². The lowest BCUT2D eigenvalue weighted by Crippen LogP contribution is -2.30. The average molecular weight is 945 g/mol. The Morgan fingerprint density at radius 3 is 1.70 bits per heavy atom. The molecule has 1 aliphatic carbocycles. The highest BCUT2D eigenvalue weighted by molar-refractivity contribution is 7.47. The third-order valence-corrected chi connectivity index (χ3v) is 12.6. The third kappa shape index (κ3) is 32.7. The molecule has 7 N–H and O–H groups in total. The molecule has 0 aromatic rings. The SMILES string of the molecule is CCCCCCCCCCCCCCCCCC(=O)OC[C@H](COP(=O)(O)OC[C@@H](O)COP(=O)(O)O)OC(=O)CCCCC(=O)C[C@@H]1[C@@H](/C=C/[C@@H](O)CCCCC)[C@H](O)C[C@@H]1O. The predicted molar refractivity (Wildman–Crippen MR) is 237 cm³/mol. The van der Waals surface area contributed by atoms with Gasteiger partial charge in [0.2, 0.25) is 0 Å². The Kier molecular flexibility index (Phi) is 33.6. The summed E-state index contributed by atoms with van der Waals surface area (Å²) < 4.78 is 47.7. The van der Waals surface area contributed by atoms with Crippen LogP contribution < -0.4 is 0 Å². The Hall–Kier alpha value is -1.59. The van der Waals surface area contributed by atoms with Crippen LogP contribution in [0.2, 0.25) is 0 Å². The Morgan fingerprint density at radius 1 is 0.619 bits per heavy atom. The van der Waals surface area contributed by atoms with Crippen molar-refractivity contribution >= 4 is 33.4 Å². The van der Waals surface area contributed by atoms with Crippen LogP contribution in [0.5, 0.6) is 0 Å². The second-order valence-corrected chi connectivity index (χ2v) is 19.7. The Morgan fingerprint density at radius 2 is 1.11 bits per heavy atom. The summed E-state index contributed by atoms with van der Waals surface area (Å²) in [4.78, 5) is 65.9. The molecule has 0 radical (unpaired) electrons. The van der Waals surface area contributed by atoms with Crippen molar-refractivity contribution in [2.24, 2.45) is 11.8 Å². The van der Waals surface area contributed by atoms with Crippen molar-refractivity contribution in [3.8, 4) is 0 Å². The van der Waals surface area contributed by atoms with Gasteiger partial charge in [0.25, 0.3) is 0 Å². The molecule has 19 heteroatoms. The predicted octanol–water partition coefficient (Wildman–Crippen LogP) is 7.68. The van der Waals surface area contributed by atoms with E-state index in [4.69, 9.17) is 23.8 Å². The molecule has 63 heavy (non-hydrogen) atoms. The molecule has 8 atom stereocenters. The summed E-state index contributed by atoms with van der Waals surface area (Å²) in [6.07, 6.45) is 19.7. The first kappa shape index (κ1) is 59.4. The highest BCUT2D eigenvalue weighted by atomic mass is 31.2. The van der Waals surface area contributed by atoms with Crippen LogP contribution in [0, 0.1) is 11.8 Å². The zero-order chi connectivity index (χ0) is 46.9. The van der Waals surface area contributed by atoms with Gasteiger partial charge < -0.3 is 44.6 Å². The summed E-state index contributed by atoms with van der Waals surface area (Å²) >= 11 is 0. The molecule has 0 saturated heterocycles. The van der Waals surface area contributed by atoms with Gasteiger partial charge in [-0.1, -0.05) is 135 Å². The first-order valence-corrected chi connectivity index (χ1v) is 26.6. The van der Waals surface area contributed by atoms with Gasteiger partial charge in [0.1, 0.15) is 18.5 Å². The van der Waals surface area contributed by atoms with E-state index in [0.29, 0.717) is 19.3 Å². The fourth-order valence-electron chi connectivity index (χ4n) is 7.46. The molecule has 0 aromatic carbocycles. The summed E-state index contributed by atoms with van der Waals surface area (Å²) in [5.41, 5.74) is 0. The van der Waals surface area contributed by atoms with E-state index in [1.165, 1.54) is 64.2 Å². The molecule has 0 amide bonds. The number of aliphatic hydroxyl groups excluding tert-OH is 4. The van der Waals surface area contributed by atoms with Crippen LogP contribution in [-0.2, 0) is 46.6 Å². The van der Waals surface area contributed by atoms with Gasteiger partial charge in [0, 0.05) is 43.9 Å². The third-order valence-electron chi connectivity index (χ3n) is 11.1. The molecule has 1 rings (SSSR count). The Bertz CT molecular complexity index is 1340. The van der Waals surface area contributed by atoms with Crippen LogP contribution in [0.15, 0.2) is 12.2 Å². The molecule has 0 aromatic heterocycles. The van der Waals surface area contributed by atoms with Gasteiger partial charge in [0.05, 0.1) is 38.1 Å². The summed E-state index contributed by atoms with van der Waals surface area (Å²) in [5, 5.41) is 41.1. The van der Waals surface area contributed by atoms with Crippen LogP contribution in [0.3, 0.4) is 0 Å². The standard InChI is InChI=1S/C44H82O17P2/c1-3-5-7-8-9-10-11-12-13-14-15-16-17-18-20-25-43(50)57-33-38(34-60-63(55,56)59-32-37(47)31-58-62(52,53)54)61-44(51)26-22-21-24-36(46)29-40-39(41(48)30-42(40)49)28-27-35(45)23-19-6-4-2/h27-28,35,37-42,45,47-49H,3-26,29-34H2,1-2H3,(H,55,56)(H2,52,53,54)/b28-27+/t35-,37-,38+,39+,40+,41+,42-/m0/s1. The zero-order valence-electron chi connectivity index (χ0n) is 38.0. The van der Waals surface area contributed by atoms with Gasteiger partial charge in [-0.05, 0) is 25.7 Å². The van der Waals surface area contributed by atoms with Gasteiger partial charge in [-0.15, -0.1) is 0 Å². The molecule has 0 heterocycles. The quantitative estimate of drug-likeness (QED) is 0.0134. The molecule has 17 nitrogen and oxygen atoms in total. The van der Waals surface area contributed by atoms with E-state index in [9.17, 15) is 48.8 Å². The smallest absolute Gasteiger partial charge is 0.462 e. The van der Waals surface area contributed by atoms with E-state index >= 15 is 0 Å². The monoisotopic (exact) mass is 945 g/mol. The number of esters is 2. The number of phosphoric acid groups is 2. The number of Topliss-reactive ketones (excluding diaryl/α,β-unsaturated/α-hetero) is 1. The van der Waals surface area contributed by atoms with Crippen LogP contribution in [0.1, 0.15) is 181 Å². The van der Waals surface area contributed by atoms with E-state index in [2.05, 4.69) is 22.9 Å². The molecule has 0 aliphatic heterocycles. The molecule has 1 aliphatic rings. The van der Waals surface area contributed by atoms with Crippen molar-refractivity contribution in [1.29, 1.82) is 0 Å². The van der Waals surface area contributed by atoms with E-state index in [1.54, 1.807) is 12.2 Å². The van der Waals surface area contributed by atoms with Crippen molar-refractivity contribution in [1.82, 2.24) is 0 Å². The second kappa shape index (κ2) is 35.6. The van der Waals surface area contributed by atoms with Crippen molar-refractivity contribution in [3.63, 3.8) is 0 Å². The normalized spacial score (nSPS) is 20.4. The number of rotatable bonds is 41. The number of ketones is 1. The van der Waals surface area contributed by atoms with Crippen LogP contribution in [-0.4, -0.2) is 110 Å². The van der Waals surface area contributed by atoms with Gasteiger partial charge in [-0.2, -0.15) is 0 Å². The largest absolute Gasteiger partial charge is 0.472 e. The Labute approximate surface area is 375 Å². The molecule has 1 unspecified atom stereocenters. The number of phosphoric ester groups is 2. The van der Waals surface area contributed by atoms with E-state index in [1.807, 2.05) is 0 Å². The van der Waals surface area contributed by atoms with E-state index < -0.39 is 96.4 Å². The van der Waals surface area contributed by atoms with Crippen LogP contribution >= 0.6 is 15.6 Å². The first-order chi connectivity index (χ1) is 30.0. The lowest BCUT2D eigenvalue weighted by atomic mass is 9.87. The number of carbonyl (C=O) groups excluding carboxylic acids is 3. The summed E-state index contributed by atoms with van der Waals surface area (Å²) in [7, 11) is -9.82. The van der Waals surface area contributed by atoms with Crippen molar-refractivity contribution < 1.29 is 81.7 Å². The van der Waals surface area contributed by atoms with Crippen LogP contribution in [0.25, 0.3) is 0 Å². The number of carbonyl (C=O) groups is 3. The molecule has 0 spiro atoms. The maximum atomic E-state index is 12.9.